The Morgan fingerprint density at radius 1 is 1.04 bits per heavy atom. The Morgan fingerprint density at radius 2 is 1.75 bits per heavy atom. The maximum Gasteiger partial charge on any atom is 0.277 e. The SMILES string of the molecule is COc1cc(-c2nnc(SCc3nc(CC(C)C)no3)o2)cc(OC)c1OC. The van der Waals surface area contributed by atoms with E-state index in [0.717, 1.165) is 6.42 Å². The van der Waals surface area contributed by atoms with Crippen LogP contribution in [0.5, 0.6) is 17.2 Å². The lowest BCUT2D eigenvalue weighted by molar-refractivity contribution is 0.324. The summed E-state index contributed by atoms with van der Waals surface area (Å²) in [6.07, 6.45) is 0.778. The van der Waals surface area contributed by atoms with Crippen LogP contribution in [-0.2, 0) is 12.2 Å². The third kappa shape index (κ3) is 4.56. The molecule has 150 valence electrons. The Morgan fingerprint density at radius 3 is 2.36 bits per heavy atom. The second-order valence-corrected chi connectivity index (χ2v) is 7.20. The fourth-order valence-corrected chi connectivity index (χ4v) is 3.11. The molecule has 0 saturated heterocycles. The van der Waals surface area contributed by atoms with E-state index in [4.69, 9.17) is 23.2 Å². The second-order valence-electron chi connectivity index (χ2n) is 6.28. The van der Waals surface area contributed by atoms with Crippen LogP contribution in [-0.4, -0.2) is 41.7 Å². The lowest BCUT2D eigenvalue weighted by Gasteiger charge is -2.12. The zero-order valence-corrected chi connectivity index (χ0v) is 17.2. The average molecular weight is 406 g/mol. The van der Waals surface area contributed by atoms with Gasteiger partial charge in [-0.25, -0.2) is 0 Å². The summed E-state index contributed by atoms with van der Waals surface area (Å²) < 4.78 is 27.0. The number of rotatable bonds is 9. The highest BCUT2D eigenvalue weighted by Crippen LogP contribution is 2.41. The number of ether oxygens (including phenoxy) is 3. The van der Waals surface area contributed by atoms with Crippen LogP contribution in [0.25, 0.3) is 11.5 Å². The van der Waals surface area contributed by atoms with E-state index in [9.17, 15) is 0 Å². The summed E-state index contributed by atoms with van der Waals surface area (Å²) in [6.45, 7) is 4.21. The van der Waals surface area contributed by atoms with Gasteiger partial charge in [0.2, 0.25) is 17.5 Å². The molecular formula is C18H22N4O5S. The van der Waals surface area contributed by atoms with Gasteiger partial charge in [0, 0.05) is 12.0 Å². The largest absolute Gasteiger partial charge is 0.493 e. The minimum atomic E-state index is 0.341. The van der Waals surface area contributed by atoms with E-state index in [1.807, 2.05) is 0 Å². The van der Waals surface area contributed by atoms with Gasteiger partial charge in [-0.15, -0.1) is 10.2 Å². The summed E-state index contributed by atoms with van der Waals surface area (Å²) in [7, 11) is 4.65. The Bertz CT molecular complexity index is 899. The number of thioether (sulfide) groups is 1. The first-order valence-corrected chi connectivity index (χ1v) is 9.60. The third-order valence-corrected chi connectivity index (χ3v) is 4.54. The molecule has 3 rings (SSSR count). The molecular weight excluding hydrogens is 384 g/mol. The molecule has 0 unspecified atom stereocenters. The zero-order chi connectivity index (χ0) is 20.1. The maximum absolute atomic E-state index is 5.73. The standard InChI is InChI=1S/C18H22N4O5S/c1-10(2)6-14-19-15(27-22-14)9-28-18-21-20-17(26-18)11-7-12(23-3)16(25-5)13(8-11)24-4/h7-8,10H,6,9H2,1-5H3. The van der Waals surface area contributed by atoms with Crippen molar-refractivity contribution in [2.45, 2.75) is 31.2 Å². The van der Waals surface area contributed by atoms with Crippen LogP contribution in [0.4, 0.5) is 0 Å². The summed E-state index contributed by atoms with van der Waals surface area (Å²) >= 11 is 1.33. The lowest BCUT2D eigenvalue weighted by atomic mass is 10.1. The first kappa shape index (κ1) is 20.0. The maximum atomic E-state index is 5.73. The number of hydrogen-bond acceptors (Lipinski definition) is 10. The molecule has 0 spiro atoms. The Hall–Kier alpha value is -2.75. The molecule has 0 bridgehead atoms. The molecule has 0 radical (unpaired) electrons. The predicted octanol–water partition coefficient (Wildman–Crippen LogP) is 3.64. The first-order valence-electron chi connectivity index (χ1n) is 8.62. The summed E-state index contributed by atoms with van der Waals surface area (Å²) in [6, 6.07) is 3.50. The number of benzene rings is 1. The molecule has 0 aliphatic carbocycles. The number of methoxy groups -OCH3 is 3. The molecule has 3 aromatic rings. The van der Waals surface area contributed by atoms with Gasteiger partial charge in [-0.3, -0.25) is 0 Å². The van der Waals surface area contributed by atoms with Crippen molar-refractivity contribution < 1.29 is 23.2 Å². The number of hydrogen-bond donors (Lipinski definition) is 0. The van der Waals surface area contributed by atoms with E-state index in [-0.39, 0.29) is 0 Å². The summed E-state index contributed by atoms with van der Waals surface area (Å²) in [5.41, 5.74) is 0.658. The predicted molar refractivity (Wildman–Crippen MR) is 102 cm³/mol. The Balaban J connectivity index is 1.72. The van der Waals surface area contributed by atoms with Crippen LogP contribution >= 0.6 is 11.8 Å². The molecule has 28 heavy (non-hydrogen) atoms. The fraction of sp³-hybridized carbons (Fsp3) is 0.444. The van der Waals surface area contributed by atoms with Crippen molar-refractivity contribution >= 4 is 11.8 Å². The van der Waals surface area contributed by atoms with Gasteiger partial charge in [0.1, 0.15) is 0 Å². The van der Waals surface area contributed by atoms with Crippen LogP contribution in [0.1, 0.15) is 25.6 Å². The van der Waals surface area contributed by atoms with Crippen LogP contribution in [0, 0.1) is 5.92 Å². The molecule has 0 amide bonds. The molecule has 0 N–H and O–H groups in total. The van der Waals surface area contributed by atoms with Gasteiger partial charge in [0.15, 0.2) is 17.3 Å². The highest BCUT2D eigenvalue weighted by Gasteiger charge is 2.18. The molecule has 2 aromatic heterocycles. The van der Waals surface area contributed by atoms with E-state index in [1.165, 1.54) is 11.8 Å². The first-order chi connectivity index (χ1) is 13.5. The van der Waals surface area contributed by atoms with E-state index in [0.29, 0.717) is 57.3 Å². The molecule has 2 heterocycles. The molecule has 9 nitrogen and oxygen atoms in total. The summed E-state index contributed by atoms with van der Waals surface area (Å²) in [5.74, 6) is 3.99. The number of nitrogens with zero attached hydrogens (tertiary/aromatic N) is 4. The number of aromatic nitrogens is 4. The van der Waals surface area contributed by atoms with Gasteiger partial charge in [0.05, 0.1) is 27.1 Å². The van der Waals surface area contributed by atoms with Crippen molar-refractivity contribution in [3.63, 3.8) is 0 Å². The second kappa shape index (κ2) is 8.96. The van der Waals surface area contributed by atoms with Crippen LogP contribution < -0.4 is 14.2 Å². The molecule has 10 heteroatoms. The van der Waals surface area contributed by atoms with Gasteiger partial charge >= 0.3 is 0 Å². The third-order valence-electron chi connectivity index (χ3n) is 3.74. The van der Waals surface area contributed by atoms with Crippen LogP contribution in [0.15, 0.2) is 26.3 Å². The normalized spacial score (nSPS) is 11.1. The highest BCUT2D eigenvalue weighted by atomic mass is 32.2. The fourth-order valence-electron chi connectivity index (χ4n) is 2.51. The highest BCUT2D eigenvalue weighted by molar-refractivity contribution is 7.98. The van der Waals surface area contributed by atoms with Crippen molar-refractivity contribution in [1.29, 1.82) is 0 Å². The molecule has 0 aliphatic rings. The van der Waals surface area contributed by atoms with E-state index < -0.39 is 0 Å². The minimum Gasteiger partial charge on any atom is -0.493 e. The monoisotopic (exact) mass is 406 g/mol. The lowest BCUT2D eigenvalue weighted by Crippen LogP contribution is -1.96. The van der Waals surface area contributed by atoms with E-state index >= 15 is 0 Å². The van der Waals surface area contributed by atoms with Crippen molar-refractivity contribution in [1.82, 2.24) is 20.3 Å². The summed E-state index contributed by atoms with van der Waals surface area (Å²) in [5, 5.41) is 12.5. The van der Waals surface area contributed by atoms with Gasteiger partial charge in [-0.05, 0) is 18.1 Å². The molecule has 0 aliphatic heterocycles. The van der Waals surface area contributed by atoms with Gasteiger partial charge in [-0.2, -0.15) is 4.98 Å². The smallest absolute Gasteiger partial charge is 0.277 e. The molecule has 0 atom stereocenters. The zero-order valence-electron chi connectivity index (χ0n) is 16.4. The van der Waals surface area contributed by atoms with Crippen LogP contribution in [0.2, 0.25) is 0 Å². The summed E-state index contributed by atoms with van der Waals surface area (Å²) in [4.78, 5) is 4.36. The van der Waals surface area contributed by atoms with E-state index in [1.54, 1.807) is 33.5 Å². The van der Waals surface area contributed by atoms with Gasteiger partial charge < -0.3 is 23.2 Å². The molecule has 0 fully saturated rings. The van der Waals surface area contributed by atoms with Crippen LogP contribution in [0.3, 0.4) is 0 Å². The van der Waals surface area contributed by atoms with Gasteiger partial charge in [-0.1, -0.05) is 30.8 Å². The minimum absolute atomic E-state index is 0.341. The van der Waals surface area contributed by atoms with E-state index in [2.05, 4.69) is 34.2 Å². The Labute approximate surface area is 166 Å². The molecule has 1 aromatic carbocycles. The van der Waals surface area contributed by atoms with Crippen molar-refractivity contribution in [3.8, 4) is 28.7 Å². The molecule has 0 saturated carbocycles. The van der Waals surface area contributed by atoms with Crippen molar-refractivity contribution in [2.24, 2.45) is 5.92 Å². The van der Waals surface area contributed by atoms with Crippen molar-refractivity contribution in [3.05, 3.63) is 23.8 Å². The van der Waals surface area contributed by atoms with Gasteiger partial charge in [0.25, 0.3) is 5.22 Å². The van der Waals surface area contributed by atoms with Crippen molar-refractivity contribution in [2.75, 3.05) is 21.3 Å². The average Bonchev–Trinajstić information content (AvgIpc) is 3.34. The topological polar surface area (TPSA) is 106 Å². The quantitative estimate of drug-likeness (QED) is 0.489. The Kier molecular flexibility index (Phi) is 6.40.